The van der Waals surface area contributed by atoms with Gasteiger partial charge < -0.3 is 9.32 Å². The Bertz CT molecular complexity index is 978. The number of aromatic nitrogens is 1. The molecule has 1 aromatic carbocycles. The van der Waals surface area contributed by atoms with E-state index in [2.05, 4.69) is 22.9 Å². The first-order valence-electron chi connectivity index (χ1n) is 9.79. The van der Waals surface area contributed by atoms with Crippen LogP contribution in [-0.2, 0) is 11.2 Å². The number of carbonyl (C=O) groups excluding carboxylic acids is 1. The van der Waals surface area contributed by atoms with Crippen LogP contribution in [0.2, 0.25) is 5.02 Å². The van der Waals surface area contributed by atoms with Crippen molar-refractivity contribution in [2.24, 2.45) is 0 Å². The molecule has 1 saturated heterocycles. The maximum absolute atomic E-state index is 12.8. The number of aryl methyl sites for hydroxylation is 1. The highest BCUT2D eigenvalue weighted by Crippen LogP contribution is 2.28. The van der Waals surface area contributed by atoms with E-state index in [4.69, 9.17) is 16.0 Å². The third-order valence-electron chi connectivity index (χ3n) is 5.51. The quantitative estimate of drug-likeness (QED) is 0.583. The summed E-state index contributed by atoms with van der Waals surface area (Å²) in [5.41, 5.74) is 1.86. The van der Waals surface area contributed by atoms with Gasteiger partial charge in [-0.2, -0.15) is 0 Å². The van der Waals surface area contributed by atoms with E-state index < -0.39 is 0 Å². The minimum Gasteiger partial charge on any atom is -0.440 e. The molecule has 0 N–H and O–H groups in total. The first-order chi connectivity index (χ1) is 14.0. The summed E-state index contributed by atoms with van der Waals surface area (Å²) < 4.78 is 5.76. The van der Waals surface area contributed by atoms with Crippen molar-refractivity contribution < 1.29 is 9.21 Å². The number of rotatable bonds is 5. The van der Waals surface area contributed by atoms with Crippen LogP contribution in [0, 0.1) is 6.92 Å². The zero-order valence-electron chi connectivity index (χ0n) is 16.6. The van der Waals surface area contributed by atoms with E-state index in [0.29, 0.717) is 24.7 Å². The monoisotopic (exact) mass is 429 g/mol. The summed E-state index contributed by atoms with van der Waals surface area (Å²) in [6.45, 7) is 7.12. The summed E-state index contributed by atoms with van der Waals surface area (Å²) in [6, 6.07) is 12.1. The highest BCUT2D eigenvalue weighted by atomic mass is 35.5. The highest BCUT2D eigenvalue weighted by molar-refractivity contribution is 7.13. The Kier molecular flexibility index (Phi) is 6.04. The van der Waals surface area contributed by atoms with E-state index in [0.717, 1.165) is 34.2 Å². The molecule has 4 rings (SSSR count). The van der Waals surface area contributed by atoms with Crippen molar-refractivity contribution in [2.75, 3.05) is 26.2 Å². The van der Waals surface area contributed by atoms with E-state index in [1.807, 2.05) is 47.5 Å². The number of thiophene rings is 1. The molecule has 0 radical (unpaired) electrons. The number of piperazine rings is 1. The zero-order chi connectivity index (χ0) is 20.4. The SMILES string of the molecule is Cc1oc(-c2cccs2)nc1CC(=O)N1CCN(C(C)c2ccccc2Cl)CC1. The molecule has 29 heavy (non-hydrogen) atoms. The maximum atomic E-state index is 12.8. The average molecular weight is 430 g/mol. The second-order valence-corrected chi connectivity index (χ2v) is 8.65. The van der Waals surface area contributed by atoms with Gasteiger partial charge in [0.1, 0.15) is 5.76 Å². The minimum absolute atomic E-state index is 0.101. The first kappa shape index (κ1) is 20.1. The smallest absolute Gasteiger partial charge is 0.236 e. The van der Waals surface area contributed by atoms with Crippen molar-refractivity contribution in [3.63, 3.8) is 0 Å². The number of hydrogen-bond donors (Lipinski definition) is 0. The number of nitrogens with zero attached hydrogens (tertiary/aromatic N) is 3. The second kappa shape index (κ2) is 8.69. The van der Waals surface area contributed by atoms with Crippen LogP contribution >= 0.6 is 22.9 Å². The lowest BCUT2D eigenvalue weighted by molar-refractivity contribution is -0.132. The summed E-state index contributed by atoms with van der Waals surface area (Å²) in [5, 5.41) is 2.78. The Hall–Kier alpha value is -2.15. The van der Waals surface area contributed by atoms with Crippen LogP contribution in [0.25, 0.3) is 10.8 Å². The van der Waals surface area contributed by atoms with Gasteiger partial charge >= 0.3 is 0 Å². The van der Waals surface area contributed by atoms with Crippen molar-refractivity contribution in [3.8, 4) is 10.8 Å². The van der Waals surface area contributed by atoms with Crippen molar-refractivity contribution >= 4 is 28.8 Å². The van der Waals surface area contributed by atoms with E-state index >= 15 is 0 Å². The molecule has 1 amide bonds. The lowest BCUT2D eigenvalue weighted by Gasteiger charge is -2.38. The zero-order valence-corrected chi connectivity index (χ0v) is 18.2. The van der Waals surface area contributed by atoms with Gasteiger partial charge in [0, 0.05) is 37.2 Å². The molecule has 7 heteroatoms. The summed E-state index contributed by atoms with van der Waals surface area (Å²) in [6.07, 6.45) is 0.279. The topological polar surface area (TPSA) is 49.6 Å². The average Bonchev–Trinajstić information content (AvgIpc) is 3.38. The molecule has 3 heterocycles. The van der Waals surface area contributed by atoms with Crippen molar-refractivity contribution in [3.05, 3.63) is 63.8 Å². The van der Waals surface area contributed by atoms with Crippen LogP contribution in [0.5, 0.6) is 0 Å². The van der Waals surface area contributed by atoms with Crippen molar-refractivity contribution in [2.45, 2.75) is 26.3 Å². The molecule has 0 aliphatic carbocycles. The number of amides is 1. The molecule has 152 valence electrons. The van der Waals surface area contributed by atoms with Gasteiger partial charge in [-0.3, -0.25) is 9.69 Å². The number of carbonyl (C=O) groups is 1. The van der Waals surface area contributed by atoms with E-state index in [9.17, 15) is 4.79 Å². The molecule has 2 aromatic heterocycles. The van der Waals surface area contributed by atoms with Gasteiger partial charge in [0.05, 0.1) is 17.0 Å². The lowest BCUT2D eigenvalue weighted by Crippen LogP contribution is -2.49. The minimum atomic E-state index is 0.101. The van der Waals surface area contributed by atoms with Gasteiger partial charge in [0.25, 0.3) is 0 Å². The van der Waals surface area contributed by atoms with Crippen LogP contribution in [0.4, 0.5) is 0 Å². The van der Waals surface area contributed by atoms with Gasteiger partial charge in [0.2, 0.25) is 11.8 Å². The summed E-state index contributed by atoms with van der Waals surface area (Å²) in [7, 11) is 0. The van der Waals surface area contributed by atoms with Gasteiger partial charge in [-0.25, -0.2) is 4.98 Å². The summed E-state index contributed by atoms with van der Waals surface area (Å²) >= 11 is 7.94. The molecule has 1 atom stereocenters. The Balaban J connectivity index is 1.35. The van der Waals surface area contributed by atoms with Crippen LogP contribution in [0.3, 0.4) is 0 Å². The van der Waals surface area contributed by atoms with Gasteiger partial charge in [-0.15, -0.1) is 11.3 Å². The summed E-state index contributed by atoms with van der Waals surface area (Å²) in [4.78, 5) is 22.7. The van der Waals surface area contributed by atoms with Gasteiger partial charge in [-0.05, 0) is 36.9 Å². The van der Waals surface area contributed by atoms with E-state index in [1.165, 1.54) is 0 Å². The highest BCUT2D eigenvalue weighted by Gasteiger charge is 2.26. The Morgan fingerprint density at radius 2 is 1.97 bits per heavy atom. The third-order valence-corrected chi connectivity index (χ3v) is 6.72. The number of benzene rings is 1. The Morgan fingerprint density at radius 1 is 1.21 bits per heavy atom. The fourth-order valence-corrected chi connectivity index (χ4v) is 4.66. The Labute approximate surface area is 179 Å². The van der Waals surface area contributed by atoms with Crippen LogP contribution in [0.1, 0.15) is 30.0 Å². The van der Waals surface area contributed by atoms with Crippen LogP contribution in [-0.4, -0.2) is 46.9 Å². The van der Waals surface area contributed by atoms with Gasteiger partial charge in [-0.1, -0.05) is 35.9 Å². The second-order valence-electron chi connectivity index (χ2n) is 7.29. The molecule has 3 aromatic rings. The molecule has 5 nitrogen and oxygen atoms in total. The van der Waals surface area contributed by atoms with Crippen LogP contribution in [0.15, 0.2) is 46.2 Å². The third kappa shape index (κ3) is 4.39. The summed E-state index contributed by atoms with van der Waals surface area (Å²) in [5.74, 6) is 1.41. The molecule has 1 aliphatic rings. The predicted molar refractivity (Wildman–Crippen MR) is 116 cm³/mol. The normalized spacial score (nSPS) is 16.2. The van der Waals surface area contributed by atoms with E-state index in [1.54, 1.807) is 11.3 Å². The van der Waals surface area contributed by atoms with Crippen molar-refractivity contribution in [1.29, 1.82) is 0 Å². The van der Waals surface area contributed by atoms with Crippen molar-refractivity contribution in [1.82, 2.24) is 14.8 Å². The predicted octanol–water partition coefficient (Wildman–Crippen LogP) is 4.81. The molecular formula is C22H24ClN3O2S. The number of halogens is 1. The van der Waals surface area contributed by atoms with E-state index in [-0.39, 0.29) is 18.4 Å². The molecule has 1 aliphatic heterocycles. The fourth-order valence-electron chi connectivity index (χ4n) is 3.72. The largest absolute Gasteiger partial charge is 0.440 e. The van der Waals surface area contributed by atoms with Gasteiger partial charge in [0.15, 0.2) is 0 Å². The Morgan fingerprint density at radius 3 is 2.66 bits per heavy atom. The fraction of sp³-hybridized carbons (Fsp3) is 0.364. The molecular weight excluding hydrogens is 406 g/mol. The molecule has 0 saturated carbocycles. The molecule has 1 unspecified atom stereocenters. The molecule has 0 bridgehead atoms. The molecule has 0 spiro atoms. The lowest BCUT2D eigenvalue weighted by atomic mass is 10.1. The van der Waals surface area contributed by atoms with Crippen LogP contribution < -0.4 is 0 Å². The maximum Gasteiger partial charge on any atom is 0.236 e. The number of oxazole rings is 1. The first-order valence-corrected chi connectivity index (χ1v) is 11.0. The molecule has 1 fully saturated rings. The standard InChI is InChI=1S/C22H24ClN3O2S/c1-15(17-6-3-4-7-18(17)23)25-9-11-26(12-10-25)21(27)14-19-16(2)28-22(24-19)20-8-5-13-29-20/h3-8,13,15H,9-12,14H2,1-2H3. The number of hydrogen-bond acceptors (Lipinski definition) is 5.